The van der Waals surface area contributed by atoms with Crippen molar-refractivity contribution in [3.8, 4) is 11.3 Å². The second-order valence-corrected chi connectivity index (χ2v) is 7.32. The van der Waals surface area contributed by atoms with Gasteiger partial charge in [0.25, 0.3) is 5.56 Å². The van der Waals surface area contributed by atoms with Crippen molar-refractivity contribution in [3.63, 3.8) is 0 Å². The van der Waals surface area contributed by atoms with Crippen LogP contribution >= 0.6 is 11.3 Å². The summed E-state index contributed by atoms with van der Waals surface area (Å²) >= 11 is 1.62. The van der Waals surface area contributed by atoms with Crippen LogP contribution in [-0.2, 0) is 6.54 Å². The highest BCUT2D eigenvalue weighted by Crippen LogP contribution is 2.27. The van der Waals surface area contributed by atoms with E-state index in [2.05, 4.69) is 25.8 Å². The molecule has 3 aromatic heterocycles. The molecule has 0 bridgehead atoms. The van der Waals surface area contributed by atoms with Crippen molar-refractivity contribution >= 4 is 11.3 Å². The summed E-state index contributed by atoms with van der Waals surface area (Å²) in [4.78, 5) is 20.7. The molecule has 0 atom stereocenters. The number of aromatic nitrogens is 4. The number of pyridine rings is 1. The lowest BCUT2D eigenvalue weighted by molar-refractivity contribution is 0.269. The first kappa shape index (κ1) is 17.1. The Morgan fingerprint density at radius 2 is 1.92 bits per heavy atom. The van der Waals surface area contributed by atoms with E-state index in [0.717, 1.165) is 49.2 Å². The van der Waals surface area contributed by atoms with E-state index in [9.17, 15) is 4.79 Å². The number of nitrogens with one attached hydrogen (secondary N) is 1. The number of nitrogens with zero attached hydrogens (tertiary/aromatic N) is 4. The Balaban J connectivity index is 1.41. The van der Waals surface area contributed by atoms with E-state index in [1.807, 2.05) is 17.6 Å². The van der Waals surface area contributed by atoms with E-state index in [-0.39, 0.29) is 11.6 Å². The van der Waals surface area contributed by atoms with Crippen LogP contribution in [0.2, 0.25) is 0 Å². The molecule has 3 aromatic rings. The number of hydrogen-bond acceptors (Lipinski definition) is 6. The molecule has 1 saturated carbocycles. The highest BCUT2D eigenvalue weighted by Gasteiger charge is 2.23. The smallest absolute Gasteiger partial charge is 0.267 e. The molecule has 0 unspecified atom stereocenters. The van der Waals surface area contributed by atoms with Gasteiger partial charge in [0.15, 0.2) is 0 Å². The molecule has 3 heterocycles. The molecular weight excluding hydrogens is 346 g/mol. The molecule has 1 aliphatic carbocycles. The number of hydrogen-bond donors (Lipinski definition) is 1. The minimum Gasteiger partial charge on any atom is -0.308 e. The molecule has 6 nitrogen and oxygen atoms in total. The molecule has 4 rings (SSSR count). The van der Waals surface area contributed by atoms with E-state index in [4.69, 9.17) is 0 Å². The van der Waals surface area contributed by atoms with Gasteiger partial charge in [-0.3, -0.25) is 9.78 Å². The van der Waals surface area contributed by atoms with Crippen molar-refractivity contribution in [1.82, 2.24) is 25.1 Å². The van der Waals surface area contributed by atoms with Crippen molar-refractivity contribution < 1.29 is 0 Å². The standard InChI is InChI=1S/C19H21N5OS/c25-19-6-5-18(14-7-9-20-10-8-14)23-24(19)17-3-1-15(2-4-17)21-11-16-12-26-13-22-16/h5-10,12-13,15,17,21H,1-4,11H2. The van der Waals surface area contributed by atoms with Gasteiger partial charge < -0.3 is 5.32 Å². The maximum atomic E-state index is 12.3. The molecule has 134 valence electrons. The summed E-state index contributed by atoms with van der Waals surface area (Å²) in [5, 5.41) is 10.3. The van der Waals surface area contributed by atoms with Gasteiger partial charge in [-0.2, -0.15) is 5.10 Å². The Hall–Kier alpha value is -2.38. The maximum absolute atomic E-state index is 12.3. The Morgan fingerprint density at radius 1 is 1.12 bits per heavy atom. The van der Waals surface area contributed by atoms with Crippen LogP contribution in [0.25, 0.3) is 11.3 Å². The molecule has 1 fully saturated rings. The van der Waals surface area contributed by atoms with Crippen molar-refractivity contribution in [2.75, 3.05) is 0 Å². The second kappa shape index (κ2) is 7.88. The summed E-state index contributed by atoms with van der Waals surface area (Å²) in [7, 11) is 0. The molecule has 0 aromatic carbocycles. The van der Waals surface area contributed by atoms with Crippen molar-refractivity contribution in [1.29, 1.82) is 0 Å². The minimum absolute atomic E-state index is 0.0262. The molecule has 0 aliphatic heterocycles. The largest absolute Gasteiger partial charge is 0.308 e. The summed E-state index contributed by atoms with van der Waals surface area (Å²) in [6.07, 6.45) is 7.49. The summed E-state index contributed by atoms with van der Waals surface area (Å²) in [6.45, 7) is 0.814. The quantitative estimate of drug-likeness (QED) is 0.750. The lowest BCUT2D eigenvalue weighted by Crippen LogP contribution is -2.36. The van der Waals surface area contributed by atoms with Crippen molar-refractivity contribution in [3.05, 3.63) is 63.6 Å². The summed E-state index contributed by atoms with van der Waals surface area (Å²) < 4.78 is 1.67. The topological polar surface area (TPSA) is 72.7 Å². The van der Waals surface area contributed by atoms with Gasteiger partial charge in [-0.1, -0.05) is 0 Å². The predicted molar refractivity (Wildman–Crippen MR) is 102 cm³/mol. The average Bonchev–Trinajstić information content (AvgIpc) is 3.22. The van der Waals surface area contributed by atoms with Gasteiger partial charge in [-0.05, 0) is 43.9 Å². The molecule has 1 N–H and O–H groups in total. The van der Waals surface area contributed by atoms with Gasteiger partial charge in [0, 0.05) is 42.0 Å². The first-order valence-electron chi connectivity index (χ1n) is 8.90. The summed E-state index contributed by atoms with van der Waals surface area (Å²) in [5.74, 6) is 0. The third kappa shape index (κ3) is 3.89. The van der Waals surface area contributed by atoms with Crippen LogP contribution in [0.15, 0.2) is 52.3 Å². The fraction of sp³-hybridized carbons (Fsp3) is 0.368. The molecular formula is C19H21N5OS. The molecule has 7 heteroatoms. The SMILES string of the molecule is O=c1ccc(-c2ccncc2)nn1C1CCC(NCc2cscn2)CC1. The molecule has 0 amide bonds. The van der Waals surface area contributed by atoms with Crippen molar-refractivity contribution in [2.45, 2.75) is 44.3 Å². The van der Waals surface area contributed by atoms with Gasteiger partial charge in [-0.15, -0.1) is 11.3 Å². The monoisotopic (exact) mass is 367 g/mol. The van der Waals surface area contributed by atoms with E-state index >= 15 is 0 Å². The zero-order chi connectivity index (χ0) is 17.8. The van der Waals surface area contributed by atoms with Crippen LogP contribution in [0.1, 0.15) is 37.4 Å². The van der Waals surface area contributed by atoms with E-state index < -0.39 is 0 Å². The maximum Gasteiger partial charge on any atom is 0.267 e. The van der Waals surface area contributed by atoms with Crippen LogP contribution < -0.4 is 10.9 Å². The van der Waals surface area contributed by atoms with Gasteiger partial charge in [0.1, 0.15) is 0 Å². The van der Waals surface area contributed by atoms with Crippen LogP contribution in [-0.4, -0.2) is 25.8 Å². The van der Waals surface area contributed by atoms with Crippen LogP contribution in [0, 0.1) is 0 Å². The first-order chi connectivity index (χ1) is 12.8. The van der Waals surface area contributed by atoms with Crippen LogP contribution in [0.4, 0.5) is 0 Å². The Labute approximate surface area is 156 Å². The molecule has 0 radical (unpaired) electrons. The molecule has 26 heavy (non-hydrogen) atoms. The predicted octanol–water partition coefficient (Wildman–Crippen LogP) is 3.04. The fourth-order valence-electron chi connectivity index (χ4n) is 3.46. The van der Waals surface area contributed by atoms with Crippen LogP contribution in [0.5, 0.6) is 0 Å². The number of thiazole rings is 1. The Kier molecular flexibility index (Phi) is 5.17. The Bertz CT molecular complexity index is 886. The summed E-state index contributed by atoms with van der Waals surface area (Å²) in [6, 6.07) is 7.88. The fourth-order valence-corrected chi connectivity index (χ4v) is 4.02. The zero-order valence-electron chi connectivity index (χ0n) is 14.4. The van der Waals surface area contributed by atoms with Gasteiger partial charge in [-0.25, -0.2) is 9.67 Å². The van der Waals surface area contributed by atoms with E-state index in [0.29, 0.717) is 6.04 Å². The van der Waals surface area contributed by atoms with Gasteiger partial charge in [0.05, 0.1) is 22.9 Å². The average molecular weight is 367 g/mol. The lowest BCUT2D eigenvalue weighted by atomic mass is 9.91. The highest BCUT2D eigenvalue weighted by atomic mass is 32.1. The second-order valence-electron chi connectivity index (χ2n) is 6.60. The van der Waals surface area contributed by atoms with E-state index in [1.54, 1.807) is 40.5 Å². The van der Waals surface area contributed by atoms with Gasteiger partial charge >= 0.3 is 0 Å². The van der Waals surface area contributed by atoms with Gasteiger partial charge in [0.2, 0.25) is 0 Å². The zero-order valence-corrected chi connectivity index (χ0v) is 15.2. The van der Waals surface area contributed by atoms with E-state index in [1.165, 1.54) is 0 Å². The highest BCUT2D eigenvalue weighted by molar-refractivity contribution is 7.07. The Morgan fingerprint density at radius 3 is 2.65 bits per heavy atom. The lowest BCUT2D eigenvalue weighted by Gasteiger charge is -2.29. The van der Waals surface area contributed by atoms with Crippen LogP contribution in [0.3, 0.4) is 0 Å². The minimum atomic E-state index is -0.0262. The summed E-state index contributed by atoms with van der Waals surface area (Å²) in [5.41, 5.74) is 4.73. The molecule has 0 spiro atoms. The van der Waals surface area contributed by atoms with Crippen molar-refractivity contribution in [2.24, 2.45) is 0 Å². The third-order valence-corrected chi connectivity index (χ3v) is 5.53. The normalized spacial score (nSPS) is 20.2. The number of rotatable bonds is 5. The molecule has 0 saturated heterocycles. The molecule has 1 aliphatic rings. The first-order valence-corrected chi connectivity index (χ1v) is 9.84. The third-order valence-electron chi connectivity index (χ3n) is 4.90.